The monoisotopic (exact) mass is 401 g/mol. The number of hydrogen-bond acceptors (Lipinski definition) is 4. The second-order valence-electron chi connectivity index (χ2n) is 7.54. The van der Waals surface area contributed by atoms with Gasteiger partial charge in [0.15, 0.2) is 11.3 Å². The van der Waals surface area contributed by atoms with Crippen LogP contribution in [0.4, 0.5) is 5.69 Å². The van der Waals surface area contributed by atoms with E-state index in [1.807, 2.05) is 6.07 Å². The zero-order chi connectivity index (χ0) is 20.6. The van der Waals surface area contributed by atoms with Gasteiger partial charge in [-0.25, -0.2) is 0 Å². The summed E-state index contributed by atoms with van der Waals surface area (Å²) in [5.74, 6) is -1.09. The second kappa shape index (κ2) is 7.16. The number of benzene rings is 1. The maximum absolute atomic E-state index is 12.8. The van der Waals surface area contributed by atoms with Crippen molar-refractivity contribution in [2.75, 3.05) is 5.32 Å². The number of fused-ring (bicyclic) bond motifs is 1. The largest absolute Gasteiger partial charge is 0.502 e. The number of rotatable bonds is 3. The SMILES string of the molecule is CC(C)(C)C(=O)Nc1cn2ccn(Cc3cccc(Cl)c3)c(=O)c2c(O)c1=O. The highest BCUT2D eigenvalue weighted by atomic mass is 35.5. The third-order valence-corrected chi connectivity index (χ3v) is 4.49. The number of carbonyl (C=O) groups excluding carboxylic acids is 1. The molecule has 0 spiro atoms. The fourth-order valence-corrected chi connectivity index (χ4v) is 2.87. The molecule has 3 aromatic rings. The summed E-state index contributed by atoms with van der Waals surface area (Å²) >= 11 is 5.98. The maximum atomic E-state index is 12.8. The minimum absolute atomic E-state index is 0.0954. The molecule has 1 aromatic carbocycles. The predicted octanol–water partition coefficient (Wildman–Crippen LogP) is 2.85. The number of anilines is 1. The average Bonchev–Trinajstić information content (AvgIpc) is 2.61. The number of hydrogen-bond donors (Lipinski definition) is 2. The lowest BCUT2D eigenvalue weighted by atomic mass is 9.95. The summed E-state index contributed by atoms with van der Waals surface area (Å²) in [6.07, 6.45) is 4.40. The van der Waals surface area contributed by atoms with E-state index in [0.29, 0.717) is 5.02 Å². The summed E-state index contributed by atoms with van der Waals surface area (Å²) in [5, 5.41) is 13.4. The first-order valence-corrected chi connectivity index (χ1v) is 8.99. The van der Waals surface area contributed by atoms with Crippen LogP contribution in [0.5, 0.6) is 5.75 Å². The molecule has 3 rings (SSSR count). The maximum Gasteiger partial charge on any atom is 0.279 e. The van der Waals surface area contributed by atoms with Gasteiger partial charge in [-0.3, -0.25) is 14.4 Å². The average molecular weight is 402 g/mol. The van der Waals surface area contributed by atoms with E-state index in [2.05, 4.69) is 5.32 Å². The third-order valence-electron chi connectivity index (χ3n) is 4.25. The lowest BCUT2D eigenvalue weighted by Crippen LogP contribution is -2.31. The van der Waals surface area contributed by atoms with Gasteiger partial charge in [-0.05, 0) is 17.7 Å². The summed E-state index contributed by atoms with van der Waals surface area (Å²) in [7, 11) is 0. The Hall–Kier alpha value is -3.06. The van der Waals surface area contributed by atoms with Gasteiger partial charge in [-0.2, -0.15) is 0 Å². The number of pyridine rings is 1. The first-order chi connectivity index (χ1) is 13.1. The van der Waals surface area contributed by atoms with E-state index < -0.39 is 22.2 Å². The Kier molecular flexibility index (Phi) is 5.04. The minimum atomic E-state index is -0.810. The molecule has 2 N–H and O–H groups in total. The Morgan fingerprint density at radius 1 is 1.21 bits per heavy atom. The molecule has 0 atom stereocenters. The zero-order valence-corrected chi connectivity index (χ0v) is 16.4. The van der Waals surface area contributed by atoms with Gasteiger partial charge in [-0.1, -0.05) is 44.5 Å². The molecule has 0 saturated heterocycles. The van der Waals surface area contributed by atoms with Crippen molar-refractivity contribution in [1.82, 2.24) is 8.97 Å². The summed E-state index contributed by atoms with van der Waals surface area (Å²) in [5.41, 5.74) is -1.52. The Morgan fingerprint density at radius 2 is 1.93 bits per heavy atom. The van der Waals surface area contributed by atoms with Gasteiger partial charge in [0.25, 0.3) is 5.56 Å². The van der Waals surface area contributed by atoms with Crippen LogP contribution in [0.1, 0.15) is 26.3 Å². The van der Waals surface area contributed by atoms with E-state index >= 15 is 0 Å². The van der Waals surface area contributed by atoms with Crippen molar-refractivity contribution in [1.29, 1.82) is 0 Å². The Balaban J connectivity index is 2.08. The number of nitrogens with zero attached hydrogens (tertiary/aromatic N) is 2. The number of carbonyl (C=O) groups is 1. The van der Waals surface area contributed by atoms with E-state index in [0.717, 1.165) is 5.56 Å². The lowest BCUT2D eigenvalue weighted by molar-refractivity contribution is -0.123. The molecule has 2 aromatic heterocycles. The molecule has 0 fully saturated rings. The van der Waals surface area contributed by atoms with Crippen molar-refractivity contribution in [2.24, 2.45) is 5.41 Å². The van der Waals surface area contributed by atoms with Crippen molar-refractivity contribution >= 4 is 28.7 Å². The summed E-state index contributed by atoms with van der Waals surface area (Å²) in [6.45, 7) is 5.34. The van der Waals surface area contributed by atoms with E-state index in [-0.39, 0.29) is 23.7 Å². The molecule has 0 saturated carbocycles. The molecule has 0 aliphatic rings. The van der Waals surface area contributed by atoms with Crippen LogP contribution in [0.25, 0.3) is 5.52 Å². The molecular weight excluding hydrogens is 382 g/mol. The molecule has 0 bridgehead atoms. The highest BCUT2D eigenvalue weighted by Gasteiger charge is 2.23. The molecule has 0 unspecified atom stereocenters. The molecule has 28 heavy (non-hydrogen) atoms. The first kappa shape index (κ1) is 19.7. The van der Waals surface area contributed by atoms with Crippen molar-refractivity contribution < 1.29 is 9.90 Å². The van der Waals surface area contributed by atoms with Crippen LogP contribution in [0.2, 0.25) is 5.02 Å². The normalized spacial score (nSPS) is 11.6. The number of aromatic nitrogens is 2. The molecule has 0 aliphatic heterocycles. The van der Waals surface area contributed by atoms with Crippen LogP contribution in [0.15, 0.2) is 52.4 Å². The molecule has 0 radical (unpaired) electrons. The smallest absolute Gasteiger partial charge is 0.279 e. The predicted molar refractivity (Wildman–Crippen MR) is 108 cm³/mol. The number of halogens is 1. The van der Waals surface area contributed by atoms with E-state index in [4.69, 9.17) is 11.6 Å². The highest BCUT2D eigenvalue weighted by Crippen LogP contribution is 2.19. The summed E-state index contributed by atoms with van der Waals surface area (Å²) < 4.78 is 2.69. The fraction of sp³-hybridized carbons (Fsp3) is 0.250. The molecular formula is C20H20ClN3O4. The Labute approximate surface area is 165 Å². The van der Waals surface area contributed by atoms with Gasteiger partial charge in [0.05, 0.1) is 6.54 Å². The second-order valence-corrected chi connectivity index (χ2v) is 7.98. The molecule has 7 nitrogen and oxygen atoms in total. The van der Waals surface area contributed by atoms with Crippen LogP contribution >= 0.6 is 11.6 Å². The lowest BCUT2D eigenvalue weighted by Gasteiger charge is -2.18. The quantitative estimate of drug-likeness (QED) is 0.705. The fourth-order valence-electron chi connectivity index (χ4n) is 2.66. The highest BCUT2D eigenvalue weighted by molar-refractivity contribution is 6.30. The van der Waals surface area contributed by atoms with Gasteiger partial charge in [0, 0.05) is 29.0 Å². The standard InChI is InChI=1S/C20H20ClN3O4/c1-20(2,3)19(28)22-14-11-23-7-8-24(10-12-5-4-6-13(21)9-12)18(27)15(23)17(26)16(14)25/h4-9,11,26H,10H2,1-3H3,(H,22,28). The molecule has 8 heteroatoms. The molecule has 146 valence electrons. The van der Waals surface area contributed by atoms with Crippen LogP contribution in [-0.2, 0) is 11.3 Å². The van der Waals surface area contributed by atoms with Crippen molar-refractivity contribution in [3.63, 3.8) is 0 Å². The van der Waals surface area contributed by atoms with E-state index in [1.54, 1.807) is 39.0 Å². The number of amides is 1. The molecule has 1 amide bonds. The van der Waals surface area contributed by atoms with Gasteiger partial charge in [0.2, 0.25) is 11.3 Å². The molecule has 0 aliphatic carbocycles. The van der Waals surface area contributed by atoms with Crippen LogP contribution in [-0.4, -0.2) is 20.0 Å². The number of nitrogens with one attached hydrogen (secondary N) is 1. The van der Waals surface area contributed by atoms with E-state index in [1.165, 1.54) is 27.6 Å². The van der Waals surface area contributed by atoms with Gasteiger partial charge in [-0.15, -0.1) is 0 Å². The third kappa shape index (κ3) is 3.80. The van der Waals surface area contributed by atoms with Gasteiger partial charge in [0.1, 0.15) is 5.69 Å². The Bertz CT molecular complexity index is 1190. The minimum Gasteiger partial charge on any atom is -0.502 e. The van der Waals surface area contributed by atoms with Crippen molar-refractivity contribution in [3.05, 3.63) is 74.0 Å². The van der Waals surface area contributed by atoms with Crippen molar-refractivity contribution in [2.45, 2.75) is 27.3 Å². The van der Waals surface area contributed by atoms with Gasteiger partial charge >= 0.3 is 0 Å². The van der Waals surface area contributed by atoms with Crippen LogP contribution < -0.4 is 16.3 Å². The van der Waals surface area contributed by atoms with Crippen LogP contribution in [0, 0.1) is 5.41 Å². The van der Waals surface area contributed by atoms with Crippen molar-refractivity contribution in [3.8, 4) is 5.75 Å². The topological polar surface area (TPSA) is 92.8 Å². The summed E-state index contributed by atoms with van der Waals surface area (Å²) in [4.78, 5) is 37.4. The zero-order valence-electron chi connectivity index (χ0n) is 15.7. The number of aromatic hydroxyl groups is 1. The van der Waals surface area contributed by atoms with Gasteiger partial charge < -0.3 is 19.4 Å². The van der Waals surface area contributed by atoms with E-state index in [9.17, 15) is 19.5 Å². The van der Waals surface area contributed by atoms with Crippen LogP contribution in [0.3, 0.4) is 0 Å². The Morgan fingerprint density at radius 3 is 2.57 bits per heavy atom. The first-order valence-electron chi connectivity index (χ1n) is 8.61. The molecule has 2 heterocycles. The summed E-state index contributed by atoms with van der Waals surface area (Å²) in [6, 6.07) is 7.05.